The molecule has 0 radical (unpaired) electrons. The average molecular weight is 394 g/mol. The smallest absolute Gasteiger partial charge is 0.178 e. The van der Waals surface area contributed by atoms with Gasteiger partial charge in [0.15, 0.2) is 5.60 Å². The number of hydrogen-bond acceptors (Lipinski definition) is 3. The van der Waals surface area contributed by atoms with Crippen LogP contribution in [0, 0.1) is 0 Å². The zero-order chi connectivity index (χ0) is 20.6. The van der Waals surface area contributed by atoms with Crippen LogP contribution >= 0.6 is 0 Å². The van der Waals surface area contributed by atoms with Gasteiger partial charge < -0.3 is 14.2 Å². The SMILES string of the molecule is COc1cccc2c3c(cc(OC)c12)C=CC(c1ccccc1)(c1ccccc1)O3. The summed E-state index contributed by atoms with van der Waals surface area (Å²) < 4.78 is 18.2. The molecule has 0 amide bonds. The minimum absolute atomic E-state index is 0.722. The van der Waals surface area contributed by atoms with Crippen molar-refractivity contribution in [2.24, 2.45) is 0 Å². The zero-order valence-corrected chi connectivity index (χ0v) is 17.0. The number of ether oxygens (including phenoxy) is 3. The standard InChI is InChI=1S/C27H22O3/c1-28-23-15-9-14-22-25(23)24(29-2)18-19-16-17-27(30-26(19)22,20-10-5-3-6-11-20)21-12-7-4-8-13-21/h3-18H,1-2H3. The van der Waals surface area contributed by atoms with Gasteiger partial charge in [0.05, 0.1) is 19.6 Å². The third-order valence-electron chi connectivity index (χ3n) is 5.67. The summed E-state index contributed by atoms with van der Waals surface area (Å²) in [5, 5.41) is 1.87. The van der Waals surface area contributed by atoms with Crippen LogP contribution in [0.3, 0.4) is 0 Å². The van der Waals surface area contributed by atoms with Gasteiger partial charge in [-0.3, -0.25) is 0 Å². The molecule has 0 unspecified atom stereocenters. The highest BCUT2D eigenvalue weighted by Gasteiger charge is 2.38. The van der Waals surface area contributed by atoms with Gasteiger partial charge >= 0.3 is 0 Å². The molecular weight excluding hydrogens is 372 g/mol. The highest BCUT2D eigenvalue weighted by atomic mass is 16.5. The van der Waals surface area contributed by atoms with Gasteiger partial charge in [-0.25, -0.2) is 0 Å². The topological polar surface area (TPSA) is 27.7 Å². The summed E-state index contributed by atoms with van der Waals surface area (Å²) >= 11 is 0. The van der Waals surface area contributed by atoms with Crippen LogP contribution in [0.25, 0.3) is 16.8 Å². The van der Waals surface area contributed by atoms with Gasteiger partial charge in [-0.15, -0.1) is 0 Å². The third-order valence-corrected chi connectivity index (χ3v) is 5.67. The van der Waals surface area contributed by atoms with Crippen LogP contribution in [0.2, 0.25) is 0 Å². The molecule has 4 aromatic carbocycles. The molecule has 1 aliphatic heterocycles. The number of fused-ring (bicyclic) bond motifs is 3. The van der Waals surface area contributed by atoms with Crippen LogP contribution in [-0.4, -0.2) is 14.2 Å². The molecule has 0 bridgehead atoms. The minimum Gasteiger partial charge on any atom is -0.496 e. The summed E-state index contributed by atoms with van der Waals surface area (Å²) in [4.78, 5) is 0. The Bertz CT molecular complexity index is 1190. The highest BCUT2D eigenvalue weighted by Crippen LogP contribution is 2.48. The van der Waals surface area contributed by atoms with E-state index in [1.54, 1.807) is 14.2 Å². The van der Waals surface area contributed by atoms with Crippen LogP contribution in [-0.2, 0) is 5.60 Å². The van der Waals surface area contributed by atoms with Crippen LogP contribution < -0.4 is 14.2 Å². The summed E-state index contributed by atoms with van der Waals surface area (Å²) in [7, 11) is 3.35. The van der Waals surface area contributed by atoms with E-state index in [2.05, 4.69) is 42.5 Å². The van der Waals surface area contributed by atoms with Crippen molar-refractivity contribution in [2.75, 3.05) is 14.2 Å². The van der Waals surface area contributed by atoms with Crippen molar-refractivity contribution < 1.29 is 14.2 Å². The predicted octanol–water partition coefficient (Wildman–Crippen LogP) is 6.21. The van der Waals surface area contributed by atoms with Crippen molar-refractivity contribution in [2.45, 2.75) is 5.60 Å². The van der Waals surface area contributed by atoms with Gasteiger partial charge in [0.2, 0.25) is 0 Å². The lowest BCUT2D eigenvalue weighted by Gasteiger charge is -2.37. The summed E-state index contributed by atoms with van der Waals surface area (Å²) in [6.07, 6.45) is 4.26. The molecule has 0 saturated carbocycles. The Balaban J connectivity index is 1.80. The highest BCUT2D eigenvalue weighted by molar-refractivity contribution is 6.01. The molecule has 3 heteroatoms. The second kappa shape index (κ2) is 7.27. The Kier molecular flexibility index (Phi) is 4.44. The lowest BCUT2D eigenvalue weighted by atomic mass is 9.83. The average Bonchev–Trinajstić information content (AvgIpc) is 2.83. The van der Waals surface area contributed by atoms with E-state index in [1.165, 1.54) is 0 Å². The monoisotopic (exact) mass is 394 g/mol. The first kappa shape index (κ1) is 18.3. The number of hydrogen-bond donors (Lipinski definition) is 0. The minimum atomic E-state index is -0.722. The first-order valence-electron chi connectivity index (χ1n) is 9.94. The maximum Gasteiger partial charge on any atom is 0.178 e. The molecule has 30 heavy (non-hydrogen) atoms. The first-order chi connectivity index (χ1) is 14.8. The normalized spacial score (nSPS) is 14.1. The fourth-order valence-corrected chi connectivity index (χ4v) is 4.23. The molecule has 1 heterocycles. The first-order valence-corrected chi connectivity index (χ1v) is 9.94. The van der Waals surface area contributed by atoms with E-state index in [0.717, 1.165) is 44.7 Å². The van der Waals surface area contributed by atoms with Gasteiger partial charge in [-0.2, -0.15) is 0 Å². The van der Waals surface area contributed by atoms with Crippen molar-refractivity contribution in [1.29, 1.82) is 0 Å². The molecule has 0 N–H and O–H groups in total. The van der Waals surface area contributed by atoms with Gasteiger partial charge in [0, 0.05) is 22.1 Å². The third kappa shape index (κ3) is 2.74. The number of methoxy groups -OCH3 is 2. The van der Waals surface area contributed by atoms with Crippen molar-refractivity contribution in [3.63, 3.8) is 0 Å². The second-order valence-corrected chi connectivity index (χ2v) is 7.28. The molecule has 0 fully saturated rings. The van der Waals surface area contributed by atoms with Crippen molar-refractivity contribution >= 4 is 16.8 Å². The predicted molar refractivity (Wildman–Crippen MR) is 120 cm³/mol. The van der Waals surface area contributed by atoms with Crippen LogP contribution in [0.1, 0.15) is 16.7 Å². The van der Waals surface area contributed by atoms with Gasteiger partial charge in [-0.05, 0) is 18.2 Å². The van der Waals surface area contributed by atoms with Gasteiger partial charge in [-0.1, -0.05) is 78.9 Å². The van der Waals surface area contributed by atoms with E-state index < -0.39 is 5.60 Å². The molecule has 0 atom stereocenters. The van der Waals surface area contributed by atoms with Gasteiger partial charge in [0.1, 0.15) is 17.2 Å². The summed E-state index contributed by atoms with van der Waals surface area (Å²) in [5.74, 6) is 2.34. The van der Waals surface area contributed by atoms with Crippen LogP contribution in [0.4, 0.5) is 0 Å². The summed E-state index contributed by atoms with van der Waals surface area (Å²) in [5.41, 5.74) is 2.41. The molecular formula is C27H22O3. The fraction of sp³-hybridized carbons (Fsp3) is 0.111. The quantitative estimate of drug-likeness (QED) is 0.412. The molecule has 0 aromatic heterocycles. The Hall–Kier alpha value is -3.72. The number of benzene rings is 4. The molecule has 0 saturated heterocycles. The molecule has 0 aliphatic carbocycles. The molecule has 4 aromatic rings. The Morgan fingerprint density at radius 2 is 1.33 bits per heavy atom. The lowest BCUT2D eigenvalue weighted by Crippen LogP contribution is -2.34. The van der Waals surface area contributed by atoms with E-state index in [0.29, 0.717) is 0 Å². The van der Waals surface area contributed by atoms with Crippen LogP contribution in [0.15, 0.2) is 91.0 Å². The van der Waals surface area contributed by atoms with Crippen molar-refractivity contribution in [1.82, 2.24) is 0 Å². The summed E-state index contributed by atoms with van der Waals surface area (Å²) in [6.45, 7) is 0. The molecule has 148 valence electrons. The largest absolute Gasteiger partial charge is 0.496 e. The second-order valence-electron chi connectivity index (χ2n) is 7.28. The van der Waals surface area contributed by atoms with E-state index in [4.69, 9.17) is 14.2 Å². The molecule has 5 rings (SSSR count). The lowest BCUT2D eigenvalue weighted by molar-refractivity contribution is 0.163. The van der Waals surface area contributed by atoms with Gasteiger partial charge in [0.25, 0.3) is 0 Å². The maximum absolute atomic E-state index is 6.91. The molecule has 0 spiro atoms. The molecule has 3 nitrogen and oxygen atoms in total. The maximum atomic E-state index is 6.91. The van der Waals surface area contributed by atoms with E-state index in [-0.39, 0.29) is 0 Å². The zero-order valence-electron chi connectivity index (χ0n) is 17.0. The van der Waals surface area contributed by atoms with Crippen LogP contribution in [0.5, 0.6) is 17.2 Å². The summed E-state index contributed by atoms with van der Waals surface area (Å²) in [6, 6.07) is 28.6. The van der Waals surface area contributed by atoms with E-state index in [1.807, 2.05) is 54.6 Å². The van der Waals surface area contributed by atoms with Crippen molar-refractivity contribution in [3.8, 4) is 17.2 Å². The Morgan fingerprint density at radius 1 is 0.700 bits per heavy atom. The fourth-order valence-electron chi connectivity index (χ4n) is 4.23. The van der Waals surface area contributed by atoms with E-state index in [9.17, 15) is 0 Å². The number of rotatable bonds is 4. The Labute approximate surface area is 176 Å². The molecule has 1 aliphatic rings. The van der Waals surface area contributed by atoms with Crippen molar-refractivity contribution in [3.05, 3.63) is 108 Å². The van der Waals surface area contributed by atoms with E-state index >= 15 is 0 Å². The Morgan fingerprint density at radius 3 is 1.93 bits per heavy atom.